The lowest BCUT2D eigenvalue weighted by Crippen LogP contribution is -2.38. The van der Waals surface area contributed by atoms with Crippen molar-refractivity contribution in [2.45, 2.75) is 39.3 Å². The van der Waals surface area contributed by atoms with Gasteiger partial charge in [-0.25, -0.2) is 0 Å². The second kappa shape index (κ2) is 6.59. The van der Waals surface area contributed by atoms with Gasteiger partial charge in [-0.2, -0.15) is 0 Å². The largest absolute Gasteiger partial charge is 0.352 e. The Morgan fingerprint density at radius 2 is 2.12 bits per heavy atom. The first-order valence-electron chi connectivity index (χ1n) is 5.72. The van der Waals surface area contributed by atoms with Gasteiger partial charge in [-0.05, 0) is 40.9 Å². The Morgan fingerprint density at radius 3 is 2.71 bits per heavy atom. The summed E-state index contributed by atoms with van der Waals surface area (Å²) in [4.78, 5) is 23.4. The molecule has 0 aromatic carbocycles. The lowest BCUT2D eigenvalue weighted by molar-refractivity contribution is -0.122. The Labute approximate surface area is 109 Å². The first-order chi connectivity index (χ1) is 8.08. The molecule has 0 spiro atoms. The number of carbonyl (C=O) groups is 1. The zero-order valence-electron chi connectivity index (χ0n) is 10.1. The summed E-state index contributed by atoms with van der Waals surface area (Å²) in [5.74, 6) is -0.126. The van der Waals surface area contributed by atoms with Crippen molar-refractivity contribution in [3.63, 3.8) is 0 Å². The SMILES string of the molecule is CCC(CC)NC(=O)Cn1cccc(Br)c1=O. The van der Waals surface area contributed by atoms with Crippen LogP contribution in [0.3, 0.4) is 0 Å². The first kappa shape index (κ1) is 14.0. The van der Waals surface area contributed by atoms with Crippen LogP contribution in [-0.4, -0.2) is 16.5 Å². The second-order valence-electron chi connectivity index (χ2n) is 3.87. The Bertz CT molecular complexity index is 438. The molecule has 1 aromatic rings. The number of rotatable bonds is 5. The monoisotopic (exact) mass is 300 g/mol. The molecule has 94 valence electrons. The fourth-order valence-electron chi connectivity index (χ4n) is 1.55. The highest BCUT2D eigenvalue weighted by Crippen LogP contribution is 2.01. The topological polar surface area (TPSA) is 51.1 Å². The molecule has 1 N–H and O–H groups in total. The molecular weight excluding hydrogens is 284 g/mol. The number of nitrogens with zero attached hydrogens (tertiary/aromatic N) is 1. The number of amides is 1. The number of halogens is 1. The van der Waals surface area contributed by atoms with Crippen LogP contribution in [0.4, 0.5) is 0 Å². The predicted octanol–water partition coefficient (Wildman–Crippen LogP) is 1.92. The van der Waals surface area contributed by atoms with Crippen LogP contribution in [0.2, 0.25) is 0 Å². The molecule has 1 aromatic heterocycles. The van der Waals surface area contributed by atoms with E-state index in [-0.39, 0.29) is 24.1 Å². The van der Waals surface area contributed by atoms with Gasteiger partial charge in [0.1, 0.15) is 6.54 Å². The fraction of sp³-hybridized carbons (Fsp3) is 0.500. The molecule has 5 heteroatoms. The van der Waals surface area contributed by atoms with Crippen molar-refractivity contribution in [3.05, 3.63) is 33.2 Å². The fourth-order valence-corrected chi connectivity index (χ4v) is 1.93. The zero-order valence-corrected chi connectivity index (χ0v) is 11.7. The van der Waals surface area contributed by atoms with E-state index in [2.05, 4.69) is 21.2 Å². The molecular formula is C12H17BrN2O2. The van der Waals surface area contributed by atoms with Gasteiger partial charge in [0.15, 0.2) is 0 Å². The van der Waals surface area contributed by atoms with Crippen LogP contribution in [0.15, 0.2) is 27.6 Å². The maximum absolute atomic E-state index is 11.7. The molecule has 0 saturated carbocycles. The third kappa shape index (κ3) is 4.00. The Morgan fingerprint density at radius 1 is 1.47 bits per heavy atom. The second-order valence-corrected chi connectivity index (χ2v) is 4.72. The molecule has 0 aliphatic carbocycles. The van der Waals surface area contributed by atoms with Crippen LogP contribution in [-0.2, 0) is 11.3 Å². The van der Waals surface area contributed by atoms with Gasteiger partial charge < -0.3 is 9.88 Å². The van der Waals surface area contributed by atoms with Crippen LogP contribution in [0.25, 0.3) is 0 Å². The van der Waals surface area contributed by atoms with Gasteiger partial charge in [0.25, 0.3) is 5.56 Å². The van der Waals surface area contributed by atoms with Crippen LogP contribution in [0.5, 0.6) is 0 Å². The average Bonchev–Trinajstić information content (AvgIpc) is 2.32. The van der Waals surface area contributed by atoms with Gasteiger partial charge in [0.05, 0.1) is 4.47 Å². The maximum atomic E-state index is 11.7. The van der Waals surface area contributed by atoms with E-state index in [9.17, 15) is 9.59 Å². The Kier molecular flexibility index (Phi) is 5.41. The number of aromatic nitrogens is 1. The third-order valence-electron chi connectivity index (χ3n) is 2.64. The number of carbonyl (C=O) groups excluding carboxylic acids is 1. The minimum absolute atomic E-state index is 0.0643. The summed E-state index contributed by atoms with van der Waals surface area (Å²) < 4.78 is 1.86. The summed E-state index contributed by atoms with van der Waals surface area (Å²) in [7, 11) is 0. The van der Waals surface area contributed by atoms with E-state index >= 15 is 0 Å². The molecule has 0 radical (unpaired) electrons. The van der Waals surface area contributed by atoms with Crippen LogP contribution in [0, 0.1) is 0 Å². The highest BCUT2D eigenvalue weighted by Gasteiger charge is 2.09. The minimum atomic E-state index is -0.188. The van der Waals surface area contributed by atoms with Crippen molar-refractivity contribution in [3.8, 4) is 0 Å². The van der Waals surface area contributed by atoms with Crippen molar-refractivity contribution in [2.75, 3.05) is 0 Å². The van der Waals surface area contributed by atoms with E-state index in [1.165, 1.54) is 4.57 Å². The van der Waals surface area contributed by atoms with E-state index in [1.54, 1.807) is 18.3 Å². The summed E-state index contributed by atoms with van der Waals surface area (Å²) in [6.45, 7) is 4.12. The van der Waals surface area contributed by atoms with Crippen molar-refractivity contribution >= 4 is 21.8 Å². The molecule has 0 fully saturated rings. The molecule has 1 heterocycles. The summed E-state index contributed by atoms with van der Waals surface area (Å²) in [5, 5.41) is 2.90. The molecule has 17 heavy (non-hydrogen) atoms. The Balaban J connectivity index is 2.68. The van der Waals surface area contributed by atoms with Crippen molar-refractivity contribution < 1.29 is 4.79 Å². The van der Waals surface area contributed by atoms with Gasteiger partial charge >= 0.3 is 0 Å². The average molecular weight is 301 g/mol. The molecule has 1 amide bonds. The number of pyridine rings is 1. The van der Waals surface area contributed by atoms with Gasteiger partial charge in [0, 0.05) is 12.2 Å². The van der Waals surface area contributed by atoms with E-state index in [0.717, 1.165) is 12.8 Å². The normalized spacial score (nSPS) is 10.6. The predicted molar refractivity (Wildman–Crippen MR) is 70.9 cm³/mol. The summed E-state index contributed by atoms with van der Waals surface area (Å²) in [6, 6.07) is 3.58. The van der Waals surface area contributed by atoms with Gasteiger partial charge in [0.2, 0.25) is 5.91 Å². The molecule has 0 atom stereocenters. The van der Waals surface area contributed by atoms with Gasteiger partial charge in [-0.15, -0.1) is 0 Å². The van der Waals surface area contributed by atoms with Crippen molar-refractivity contribution in [2.24, 2.45) is 0 Å². The van der Waals surface area contributed by atoms with Crippen LogP contribution in [0.1, 0.15) is 26.7 Å². The molecule has 0 saturated heterocycles. The summed E-state index contributed by atoms with van der Waals surface area (Å²) in [6.07, 6.45) is 3.41. The number of hydrogen-bond donors (Lipinski definition) is 1. The first-order valence-corrected chi connectivity index (χ1v) is 6.52. The molecule has 4 nitrogen and oxygen atoms in total. The van der Waals surface area contributed by atoms with E-state index < -0.39 is 0 Å². The van der Waals surface area contributed by atoms with Crippen molar-refractivity contribution in [1.82, 2.24) is 9.88 Å². The standard InChI is InChI=1S/C12H17BrN2O2/c1-3-9(4-2)14-11(16)8-15-7-5-6-10(13)12(15)17/h5-7,9H,3-4,8H2,1-2H3,(H,14,16). The van der Waals surface area contributed by atoms with Crippen molar-refractivity contribution in [1.29, 1.82) is 0 Å². The molecule has 0 aliphatic rings. The van der Waals surface area contributed by atoms with E-state index in [0.29, 0.717) is 4.47 Å². The molecule has 0 unspecified atom stereocenters. The lowest BCUT2D eigenvalue weighted by atomic mass is 10.2. The quantitative estimate of drug-likeness (QED) is 0.903. The summed E-state index contributed by atoms with van der Waals surface area (Å²) in [5.41, 5.74) is -0.188. The van der Waals surface area contributed by atoms with Gasteiger partial charge in [-0.3, -0.25) is 9.59 Å². The van der Waals surface area contributed by atoms with Crippen LogP contribution >= 0.6 is 15.9 Å². The minimum Gasteiger partial charge on any atom is -0.352 e. The Hall–Kier alpha value is -1.10. The van der Waals surface area contributed by atoms with Crippen LogP contribution < -0.4 is 10.9 Å². The molecule has 0 aliphatic heterocycles. The number of nitrogens with one attached hydrogen (secondary N) is 1. The third-order valence-corrected chi connectivity index (χ3v) is 3.24. The lowest BCUT2D eigenvalue weighted by Gasteiger charge is -2.15. The maximum Gasteiger partial charge on any atom is 0.265 e. The smallest absolute Gasteiger partial charge is 0.265 e. The summed E-state index contributed by atoms with van der Waals surface area (Å²) >= 11 is 3.15. The molecule has 1 rings (SSSR count). The molecule has 0 bridgehead atoms. The zero-order chi connectivity index (χ0) is 12.8. The van der Waals surface area contributed by atoms with Gasteiger partial charge in [-0.1, -0.05) is 13.8 Å². The van der Waals surface area contributed by atoms with E-state index in [4.69, 9.17) is 0 Å². The highest BCUT2D eigenvalue weighted by molar-refractivity contribution is 9.10. The highest BCUT2D eigenvalue weighted by atomic mass is 79.9. The van der Waals surface area contributed by atoms with E-state index in [1.807, 2.05) is 13.8 Å². The number of hydrogen-bond acceptors (Lipinski definition) is 2.